The summed E-state index contributed by atoms with van der Waals surface area (Å²) >= 11 is 0. The lowest BCUT2D eigenvalue weighted by Crippen LogP contribution is -2.64. The van der Waals surface area contributed by atoms with Crippen LogP contribution in [-0.2, 0) is 10.2 Å². The van der Waals surface area contributed by atoms with Crippen LogP contribution in [0.25, 0.3) is 0 Å². The zero-order valence-corrected chi connectivity index (χ0v) is 8.23. The van der Waals surface area contributed by atoms with Crippen LogP contribution in [0.5, 0.6) is 0 Å². The number of amides is 1. The molecule has 3 heteroatoms. The van der Waals surface area contributed by atoms with E-state index in [1.807, 2.05) is 37.4 Å². The van der Waals surface area contributed by atoms with Gasteiger partial charge in [-0.05, 0) is 12.6 Å². The van der Waals surface area contributed by atoms with Crippen LogP contribution in [0, 0.1) is 0 Å². The van der Waals surface area contributed by atoms with Crippen molar-refractivity contribution in [2.45, 2.75) is 5.41 Å². The topological polar surface area (TPSA) is 46.3 Å². The molecule has 0 spiro atoms. The van der Waals surface area contributed by atoms with Crippen molar-refractivity contribution in [1.29, 1.82) is 0 Å². The van der Waals surface area contributed by atoms with Gasteiger partial charge in [-0.2, -0.15) is 0 Å². The lowest BCUT2D eigenvalue weighted by molar-refractivity contribution is -0.129. The van der Waals surface area contributed by atoms with Gasteiger partial charge >= 0.3 is 0 Å². The Hall–Kier alpha value is -1.35. The molecule has 0 atom stereocenters. The van der Waals surface area contributed by atoms with Crippen molar-refractivity contribution in [2.75, 3.05) is 20.1 Å². The van der Waals surface area contributed by atoms with E-state index in [2.05, 4.69) is 4.90 Å². The highest BCUT2D eigenvalue weighted by molar-refractivity contribution is 5.88. The number of nitrogens with two attached hydrogens (primary N) is 1. The highest BCUT2D eigenvalue weighted by Gasteiger charge is 2.47. The van der Waals surface area contributed by atoms with E-state index in [1.165, 1.54) is 0 Å². The van der Waals surface area contributed by atoms with E-state index < -0.39 is 5.41 Å². The summed E-state index contributed by atoms with van der Waals surface area (Å²) in [6.07, 6.45) is 0. The zero-order valence-electron chi connectivity index (χ0n) is 8.23. The fourth-order valence-electron chi connectivity index (χ4n) is 2.11. The number of likely N-dealkylation sites (tertiary alicyclic amines) is 1. The third-order valence-electron chi connectivity index (χ3n) is 2.88. The third kappa shape index (κ3) is 1.21. The Morgan fingerprint density at radius 1 is 1.36 bits per heavy atom. The van der Waals surface area contributed by atoms with Gasteiger partial charge in [0, 0.05) is 13.1 Å². The Kier molecular flexibility index (Phi) is 2.04. The summed E-state index contributed by atoms with van der Waals surface area (Å²) in [6, 6.07) is 9.77. The van der Waals surface area contributed by atoms with E-state index in [1.54, 1.807) is 0 Å². The molecule has 0 unspecified atom stereocenters. The molecular formula is C11H14N2O. The Morgan fingerprint density at radius 3 is 2.36 bits per heavy atom. The van der Waals surface area contributed by atoms with Crippen molar-refractivity contribution < 1.29 is 4.79 Å². The first-order valence-corrected chi connectivity index (χ1v) is 4.69. The summed E-state index contributed by atoms with van der Waals surface area (Å²) in [5.74, 6) is -0.221. The smallest absolute Gasteiger partial charge is 0.230 e. The van der Waals surface area contributed by atoms with Gasteiger partial charge in [0.2, 0.25) is 5.91 Å². The van der Waals surface area contributed by atoms with Crippen molar-refractivity contribution in [1.82, 2.24) is 4.90 Å². The first kappa shape index (κ1) is 9.21. The second kappa shape index (κ2) is 3.10. The van der Waals surface area contributed by atoms with E-state index >= 15 is 0 Å². The van der Waals surface area contributed by atoms with Crippen LogP contribution < -0.4 is 5.73 Å². The maximum absolute atomic E-state index is 11.4. The number of benzene rings is 1. The monoisotopic (exact) mass is 190 g/mol. The van der Waals surface area contributed by atoms with Crippen LogP contribution >= 0.6 is 0 Å². The number of hydrogen-bond donors (Lipinski definition) is 1. The molecular weight excluding hydrogens is 176 g/mol. The quantitative estimate of drug-likeness (QED) is 0.731. The summed E-state index contributed by atoms with van der Waals surface area (Å²) in [5, 5.41) is 0. The average molecular weight is 190 g/mol. The van der Waals surface area contributed by atoms with Gasteiger partial charge < -0.3 is 10.6 Å². The molecule has 1 amide bonds. The normalized spacial score (nSPS) is 20.1. The molecule has 74 valence electrons. The second-order valence-electron chi connectivity index (χ2n) is 3.98. The predicted octanol–water partition coefficient (Wildman–Crippen LogP) is 0.355. The summed E-state index contributed by atoms with van der Waals surface area (Å²) < 4.78 is 0. The van der Waals surface area contributed by atoms with Crippen molar-refractivity contribution >= 4 is 5.91 Å². The Labute approximate surface area is 83.5 Å². The van der Waals surface area contributed by atoms with Gasteiger partial charge in [0.1, 0.15) is 0 Å². The second-order valence-corrected chi connectivity index (χ2v) is 3.98. The minimum atomic E-state index is -0.448. The Balaban J connectivity index is 2.34. The van der Waals surface area contributed by atoms with Gasteiger partial charge in [-0.3, -0.25) is 4.79 Å². The maximum atomic E-state index is 11.4. The molecule has 0 aliphatic carbocycles. The van der Waals surface area contributed by atoms with Crippen molar-refractivity contribution in [3.05, 3.63) is 35.9 Å². The summed E-state index contributed by atoms with van der Waals surface area (Å²) in [7, 11) is 1.99. The van der Waals surface area contributed by atoms with Crippen LogP contribution in [-0.4, -0.2) is 30.9 Å². The van der Waals surface area contributed by atoms with Crippen molar-refractivity contribution in [3.8, 4) is 0 Å². The summed E-state index contributed by atoms with van der Waals surface area (Å²) in [5.41, 5.74) is 6.05. The number of hydrogen-bond acceptors (Lipinski definition) is 2. The third-order valence-corrected chi connectivity index (χ3v) is 2.88. The zero-order chi connectivity index (χ0) is 10.2. The number of likely N-dealkylation sites (N-methyl/N-ethyl adjacent to an activating group) is 1. The van der Waals surface area contributed by atoms with E-state index in [4.69, 9.17) is 5.73 Å². The van der Waals surface area contributed by atoms with Gasteiger partial charge in [0.25, 0.3) is 0 Å². The average Bonchev–Trinajstić information content (AvgIpc) is 2.13. The molecule has 0 radical (unpaired) electrons. The molecule has 1 heterocycles. The summed E-state index contributed by atoms with van der Waals surface area (Å²) in [4.78, 5) is 13.5. The molecule has 1 aliphatic rings. The van der Waals surface area contributed by atoms with E-state index in [0.717, 1.165) is 18.7 Å². The standard InChI is InChI=1S/C11H14N2O/c1-13-7-11(8-13,10(12)14)9-5-3-2-4-6-9/h2-6H,7-8H2,1H3,(H2,12,14). The van der Waals surface area contributed by atoms with Crippen molar-refractivity contribution in [2.24, 2.45) is 5.73 Å². The number of carbonyl (C=O) groups excluding carboxylic acids is 1. The van der Waals surface area contributed by atoms with Gasteiger partial charge in [0.15, 0.2) is 0 Å². The lowest BCUT2D eigenvalue weighted by atomic mass is 9.73. The molecule has 1 aromatic rings. The van der Waals surface area contributed by atoms with Crippen LogP contribution in [0.15, 0.2) is 30.3 Å². The molecule has 0 bridgehead atoms. The molecule has 3 nitrogen and oxygen atoms in total. The molecule has 1 aliphatic heterocycles. The highest BCUT2D eigenvalue weighted by atomic mass is 16.1. The highest BCUT2D eigenvalue weighted by Crippen LogP contribution is 2.32. The maximum Gasteiger partial charge on any atom is 0.230 e. The molecule has 2 rings (SSSR count). The lowest BCUT2D eigenvalue weighted by Gasteiger charge is -2.46. The van der Waals surface area contributed by atoms with Gasteiger partial charge in [0.05, 0.1) is 5.41 Å². The number of carbonyl (C=O) groups is 1. The minimum Gasteiger partial charge on any atom is -0.369 e. The first-order chi connectivity index (χ1) is 6.65. The number of primary amides is 1. The molecule has 1 fully saturated rings. The molecule has 1 saturated heterocycles. The molecule has 0 aromatic heterocycles. The van der Waals surface area contributed by atoms with E-state index in [9.17, 15) is 4.79 Å². The van der Waals surface area contributed by atoms with Gasteiger partial charge in [-0.15, -0.1) is 0 Å². The van der Waals surface area contributed by atoms with Crippen LogP contribution in [0.2, 0.25) is 0 Å². The largest absolute Gasteiger partial charge is 0.369 e. The Morgan fingerprint density at radius 2 is 1.93 bits per heavy atom. The van der Waals surface area contributed by atoms with Crippen LogP contribution in [0.4, 0.5) is 0 Å². The first-order valence-electron chi connectivity index (χ1n) is 4.69. The fourth-order valence-corrected chi connectivity index (χ4v) is 2.11. The SMILES string of the molecule is CN1CC(C(N)=O)(c2ccccc2)C1. The molecule has 14 heavy (non-hydrogen) atoms. The molecule has 2 N–H and O–H groups in total. The summed E-state index contributed by atoms with van der Waals surface area (Å²) in [6.45, 7) is 1.46. The molecule has 0 saturated carbocycles. The number of nitrogens with zero attached hydrogens (tertiary/aromatic N) is 1. The van der Waals surface area contributed by atoms with E-state index in [-0.39, 0.29) is 5.91 Å². The van der Waals surface area contributed by atoms with Gasteiger partial charge in [-0.25, -0.2) is 0 Å². The van der Waals surface area contributed by atoms with Crippen molar-refractivity contribution in [3.63, 3.8) is 0 Å². The fraction of sp³-hybridized carbons (Fsp3) is 0.364. The van der Waals surface area contributed by atoms with Crippen LogP contribution in [0.1, 0.15) is 5.56 Å². The minimum absolute atomic E-state index is 0.221. The van der Waals surface area contributed by atoms with E-state index in [0.29, 0.717) is 0 Å². The Bertz CT molecular complexity index is 342. The predicted molar refractivity (Wildman–Crippen MR) is 54.8 cm³/mol. The van der Waals surface area contributed by atoms with Gasteiger partial charge in [-0.1, -0.05) is 30.3 Å². The number of rotatable bonds is 2. The molecule has 1 aromatic carbocycles. The van der Waals surface area contributed by atoms with Crippen LogP contribution in [0.3, 0.4) is 0 Å².